The van der Waals surface area contributed by atoms with Crippen molar-refractivity contribution >= 4 is 0 Å². The maximum absolute atomic E-state index is 6.13. The van der Waals surface area contributed by atoms with E-state index in [0.717, 1.165) is 18.0 Å². The van der Waals surface area contributed by atoms with E-state index in [-0.39, 0.29) is 0 Å². The molecule has 2 nitrogen and oxygen atoms in total. The number of rotatable bonds is 3. The average Bonchev–Trinajstić information content (AvgIpc) is 2.59. The molecular formula is C15H28N2. The van der Waals surface area contributed by atoms with Gasteiger partial charge in [-0.2, -0.15) is 0 Å². The van der Waals surface area contributed by atoms with E-state index in [1.807, 2.05) is 0 Å². The van der Waals surface area contributed by atoms with Crippen LogP contribution in [-0.2, 0) is 0 Å². The lowest BCUT2D eigenvalue weighted by atomic mass is 9.86. The Morgan fingerprint density at radius 3 is 2.18 bits per heavy atom. The van der Waals surface area contributed by atoms with Crippen LogP contribution in [0.3, 0.4) is 0 Å². The van der Waals surface area contributed by atoms with Gasteiger partial charge in [-0.05, 0) is 44.6 Å². The molecule has 0 radical (unpaired) electrons. The summed E-state index contributed by atoms with van der Waals surface area (Å²) in [6.45, 7) is 1.37. The van der Waals surface area contributed by atoms with Crippen molar-refractivity contribution in [3.63, 3.8) is 0 Å². The monoisotopic (exact) mass is 236 g/mol. The van der Waals surface area contributed by atoms with Gasteiger partial charge >= 0.3 is 0 Å². The van der Waals surface area contributed by atoms with Crippen LogP contribution in [0.25, 0.3) is 0 Å². The Labute approximate surface area is 106 Å². The molecule has 1 saturated carbocycles. The second-order valence-corrected chi connectivity index (χ2v) is 6.65. The fourth-order valence-corrected chi connectivity index (χ4v) is 4.49. The van der Waals surface area contributed by atoms with E-state index in [2.05, 4.69) is 4.90 Å². The van der Waals surface area contributed by atoms with Crippen LogP contribution >= 0.6 is 0 Å². The number of hydrogen-bond donors (Lipinski definition) is 1. The summed E-state index contributed by atoms with van der Waals surface area (Å²) < 4.78 is 0. The summed E-state index contributed by atoms with van der Waals surface area (Å²) in [7, 11) is 0. The molecule has 1 aliphatic carbocycles. The molecular weight excluding hydrogens is 208 g/mol. The molecule has 2 unspecified atom stereocenters. The lowest BCUT2D eigenvalue weighted by Gasteiger charge is -2.38. The van der Waals surface area contributed by atoms with Crippen LogP contribution in [0.2, 0.25) is 0 Å². The summed E-state index contributed by atoms with van der Waals surface area (Å²) in [6, 6.07) is 2.18. The van der Waals surface area contributed by atoms with Crippen molar-refractivity contribution in [3.05, 3.63) is 0 Å². The van der Waals surface area contributed by atoms with E-state index in [0.29, 0.717) is 6.04 Å². The molecule has 98 valence electrons. The van der Waals surface area contributed by atoms with Gasteiger partial charge in [0, 0.05) is 18.1 Å². The van der Waals surface area contributed by atoms with Gasteiger partial charge in [0.25, 0.3) is 0 Å². The minimum Gasteiger partial charge on any atom is -0.328 e. The van der Waals surface area contributed by atoms with Crippen LogP contribution in [-0.4, -0.2) is 29.6 Å². The third kappa shape index (κ3) is 2.68. The van der Waals surface area contributed by atoms with Crippen LogP contribution in [0.4, 0.5) is 0 Å². The zero-order valence-electron chi connectivity index (χ0n) is 11.1. The van der Waals surface area contributed by atoms with Crippen molar-refractivity contribution in [2.45, 2.75) is 82.3 Å². The van der Waals surface area contributed by atoms with E-state index in [1.165, 1.54) is 70.8 Å². The van der Waals surface area contributed by atoms with Gasteiger partial charge < -0.3 is 5.73 Å². The number of nitrogens with zero attached hydrogens (tertiary/aromatic N) is 1. The average molecular weight is 236 g/mol. The number of piperidine rings is 1. The van der Waals surface area contributed by atoms with Crippen LogP contribution in [0.15, 0.2) is 0 Å². The van der Waals surface area contributed by atoms with Crippen LogP contribution < -0.4 is 5.73 Å². The van der Waals surface area contributed by atoms with E-state index >= 15 is 0 Å². The highest BCUT2D eigenvalue weighted by atomic mass is 15.2. The highest BCUT2D eigenvalue weighted by Gasteiger charge is 2.39. The van der Waals surface area contributed by atoms with Crippen LogP contribution in [0, 0.1) is 5.92 Å². The highest BCUT2D eigenvalue weighted by molar-refractivity contribution is 4.96. The number of fused-ring (bicyclic) bond motifs is 2. The first-order chi connectivity index (χ1) is 8.33. The zero-order chi connectivity index (χ0) is 11.7. The molecule has 3 fully saturated rings. The first-order valence-electron chi connectivity index (χ1n) is 7.84. The molecule has 2 heterocycles. The second kappa shape index (κ2) is 5.27. The zero-order valence-corrected chi connectivity index (χ0v) is 11.1. The summed E-state index contributed by atoms with van der Waals surface area (Å²) >= 11 is 0. The Balaban J connectivity index is 1.48. The van der Waals surface area contributed by atoms with Crippen LogP contribution in [0.1, 0.15) is 64.2 Å². The summed E-state index contributed by atoms with van der Waals surface area (Å²) in [5, 5.41) is 0. The predicted molar refractivity (Wildman–Crippen MR) is 71.9 cm³/mol. The van der Waals surface area contributed by atoms with Crippen molar-refractivity contribution in [1.29, 1.82) is 0 Å². The van der Waals surface area contributed by atoms with Gasteiger partial charge in [-0.3, -0.25) is 4.90 Å². The van der Waals surface area contributed by atoms with Gasteiger partial charge in [0.05, 0.1) is 0 Å². The van der Waals surface area contributed by atoms with Gasteiger partial charge in [-0.1, -0.05) is 32.1 Å². The van der Waals surface area contributed by atoms with Crippen molar-refractivity contribution in [2.75, 3.05) is 6.54 Å². The molecule has 2 aliphatic heterocycles. The molecule has 2 saturated heterocycles. The maximum Gasteiger partial charge on any atom is 0.0113 e. The molecule has 17 heavy (non-hydrogen) atoms. The summed E-state index contributed by atoms with van der Waals surface area (Å²) in [5.74, 6) is 1.04. The van der Waals surface area contributed by atoms with Crippen molar-refractivity contribution in [2.24, 2.45) is 11.7 Å². The molecule has 2 bridgehead atoms. The lowest BCUT2D eigenvalue weighted by molar-refractivity contribution is 0.115. The predicted octanol–water partition coefficient (Wildman–Crippen LogP) is 2.91. The Bertz CT molecular complexity index is 233. The third-order valence-corrected chi connectivity index (χ3v) is 5.44. The number of nitrogens with two attached hydrogens (primary N) is 1. The van der Waals surface area contributed by atoms with Gasteiger partial charge in [-0.15, -0.1) is 0 Å². The summed E-state index contributed by atoms with van der Waals surface area (Å²) in [4.78, 5) is 2.82. The van der Waals surface area contributed by atoms with Gasteiger partial charge in [-0.25, -0.2) is 0 Å². The Kier molecular flexibility index (Phi) is 3.72. The van der Waals surface area contributed by atoms with E-state index < -0.39 is 0 Å². The molecule has 0 aromatic heterocycles. The summed E-state index contributed by atoms with van der Waals surface area (Å²) in [6.07, 6.45) is 14.3. The minimum atomic E-state index is 0.499. The summed E-state index contributed by atoms with van der Waals surface area (Å²) in [5.41, 5.74) is 6.13. The quantitative estimate of drug-likeness (QED) is 0.816. The smallest absolute Gasteiger partial charge is 0.0113 e. The standard InChI is InChI=1S/C15H28N2/c16-13-10-14-6-7-15(11-13)17(14)9-8-12-4-2-1-3-5-12/h12-15H,1-11,16H2. The Hall–Kier alpha value is -0.0800. The van der Waals surface area contributed by atoms with E-state index in [1.54, 1.807) is 0 Å². The Morgan fingerprint density at radius 2 is 1.53 bits per heavy atom. The molecule has 3 rings (SSSR count). The van der Waals surface area contributed by atoms with E-state index in [4.69, 9.17) is 5.73 Å². The molecule has 0 aromatic rings. The second-order valence-electron chi connectivity index (χ2n) is 6.65. The fourth-order valence-electron chi connectivity index (χ4n) is 4.49. The van der Waals surface area contributed by atoms with Crippen LogP contribution in [0.5, 0.6) is 0 Å². The fraction of sp³-hybridized carbons (Fsp3) is 1.00. The van der Waals surface area contributed by atoms with Crippen molar-refractivity contribution < 1.29 is 0 Å². The largest absolute Gasteiger partial charge is 0.328 e. The molecule has 2 heteroatoms. The van der Waals surface area contributed by atoms with Gasteiger partial charge in [0.2, 0.25) is 0 Å². The highest BCUT2D eigenvalue weighted by Crippen LogP contribution is 2.36. The first-order valence-corrected chi connectivity index (χ1v) is 7.84. The topological polar surface area (TPSA) is 29.3 Å². The lowest BCUT2D eigenvalue weighted by Crippen LogP contribution is -2.47. The third-order valence-electron chi connectivity index (χ3n) is 5.44. The van der Waals surface area contributed by atoms with Crippen molar-refractivity contribution in [3.8, 4) is 0 Å². The first kappa shape index (κ1) is 12.0. The molecule has 2 atom stereocenters. The molecule has 0 aromatic carbocycles. The van der Waals surface area contributed by atoms with Gasteiger partial charge in [0.1, 0.15) is 0 Å². The van der Waals surface area contributed by atoms with E-state index in [9.17, 15) is 0 Å². The molecule has 3 aliphatic rings. The van der Waals surface area contributed by atoms with Crippen molar-refractivity contribution in [1.82, 2.24) is 4.90 Å². The normalized spacial score (nSPS) is 39.7. The molecule has 2 N–H and O–H groups in total. The SMILES string of the molecule is NC1CC2CCC(C1)N2CCC1CCCCC1. The molecule has 0 amide bonds. The molecule has 0 spiro atoms. The maximum atomic E-state index is 6.13. The Morgan fingerprint density at radius 1 is 0.882 bits per heavy atom. The number of hydrogen-bond acceptors (Lipinski definition) is 2. The van der Waals surface area contributed by atoms with Gasteiger partial charge in [0.15, 0.2) is 0 Å². The minimum absolute atomic E-state index is 0.499.